The minimum absolute atomic E-state index is 0.000827. The molecule has 5 aliphatic rings. The minimum atomic E-state index is -1.57. The van der Waals surface area contributed by atoms with E-state index >= 15 is 4.79 Å². The third-order valence-corrected chi connectivity index (χ3v) is 14.1. The van der Waals surface area contributed by atoms with Gasteiger partial charge in [0.25, 0.3) is 5.91 Å². The molecule has 0 spiro atoms. The summed E-state index contributed by atoms with van der Waals surface area (Å²) >= 11 is 0. The highest BCUT2D eigenvalue weighted by molar-refractivity contribution is 5.95. The molecule has 0 radical (unpaired) electrons. The second-order valence-corrected chi connectivity index (χ2v) is 20.8. The molecule has 2 aromatic carbocycles. The Balaban J connectivity index is 1.10. The lowest BCUT2D eigenvalue weighted by molar-refractivity contribution is -0.298. The molecule has 2 aromatic rings. The maximum Gasteiger partial charge on any atom is 0.327 e. The molecule has 12 unspecified atom stereocenters. The van der Waals surface area contributed by atoms with Crippen LogP contribution in [-0.2, 0) is 60.7 Å². The molecule has 0 aromatic heterocycles. The molecule has 72 heavy (non-hydrogen) atoms. The van der Waals surface area contributed by atoms with Gasteiger partial charge in [-0.15, -0.1) is 0 Å². The SMILES string of the molecule is CCCCCC1(CCCCC)OC2C3CC4(C(=O)NCc5cccc(C(=O)NC(CO)CCC(=O)OC(C)(C)C)c5)C(ON(Cc5cccc(C=CCOC6OC(CO)C(O)C(O)C6O)c5)C4C(=O)O3)C2O1. The Bertz CT molecular complexity index is 2190. The minimum Gasteiger partial charge on any atom is -0.460 e. The summed E-state index contributed by atoms with van der Waals surface area (Å²) in [6.07, 6.45) is 0.574. The van der Waals surface area contributed by atoms with Gasteiger partial charge in [0.2, 0.25) is 5.91 Å². The summed E-state index contributed by atoms with van der Waals surface area (Å²) < 4.78 is 36.6. The maximum absolute atomic E-state index is 15.2. The fourth-order valence-corrected chi connectivity index (χ4v) is 10.5. The fourth-order valence-electron chi connectivity index (χ4n) is 10.5. The van der Waals surface area contributed by atoms with E-state index in [1.54, 1.807) is 57.2 Å². The van der Waals surface area contributed by atoms with Crippen molar-refractivity contribution in [3.8, 4) is 0 Å². The third kappa shape index (κ3) is 12.7. The fraction of sp³-hybridized carbons (Fsp3) is 0.660. The molecule has 19 nitrogen and oxygen atoms in total. The van der Waals surface area contributed by atoms with Gasteiger partial charge in [-0.3, -0.25) is 24.0 Å². The van der Waals surface area contributed by atoms with Gasteiger partial charge in [-0.2, -0.15) is 5.06 Å². The van der Waals surface area contributed by atoms with E-state index in [9.17, 15) is 39.9 Å². The first-order valence-electron chi connectivity index (χ1n) is 25.6. The molecule has 2 amide bonds. The van der Waals surface area contributed by atoms with Gasteiger partial charge < -0.3 is 64.6 Å². The second kappa shape index (κ2) is 24.3. The Morgan fingerprint density at radius 2 is 1.62 bits per heavy atom. The van der Waals surface area contributed by atoms with Crippen LogP contribution in [0.4, 0.5) is 0 Å². The monoisotopic (exact) mass is 1010 g/mol. The lowest BCUT2D eigenvalue weighted by Gasteiger charge is -2.48. The average Bonchev–Trinajstić information content (AvgIpc) is 3.91. The van der Waals surface area contributed by atoms with E-state index in [1.807, 2.05) is 24.3 Å². The number of hydrogen-bond donors (Lipinski definition) is 7. The van der Waals surface area contributed by atoms with Gasteiger partial charge in [-0.1, -0.05) is 88.1 Å². The molecule has 12 atom stereocenters. The van der Waals surface area contributed by atoms with Gasteiger partial charge in [0.05, 0.1) is 32.4 Å². The smallest absolute Gasteiger partial charge is 0.327 e. The summed E-state index contributed by atoms with van der Waals surface area (Å²) in [5.41, 5.74) is 0.245. The molecule has 19 heteroatoms. The summed E-state index contributed by atoms with van der Waals surface area (Å²) in [6.45, 7) is 8.64. The average molecular weight is 1010 g/mol. The number of hydroxylamine groups is 2. The number of aliphatic hydroxyl groups is 5. The number of aliphatic hydroxyl groups excluding tert-OH is 5. The number of esters is 2. The Morgan fingerprint density at radius 3 is 2.32 bits per heavy atom. The molecule has 1 aliphatic carbocycles. The number of fused-ring (bicyclic) bond motifs is 4. The molecule has 4 heterocycles. The lowest BCUT2D eigenvalue weighted by atomic mass is 9.62. The number of unbranched alkanes of at least 4 members (excludes halogenated alkanes) is 4. The van der Waals surface area contributed by atoms with Crippen LogP contribution in [0.2, 0.25) is 0 Å². The molecule has 7 rings (SSSR count). The Kier molecular flexibility index (Phi) is 18.7. The van der Waals surface area contributed by atoms with Gasteiger partial charge in [-0.05, 0) is 68.9 Å². The number of rotatable bonds is 24. The number of nitrogens with zero attached hydrogens (tertiary/aromatic N) is 1. The van der Waals surface area contributed by atoms with Crippen LogP contribution >= 0.6 is 0 Å². The first-order valence-corrected chi connectivity index (χ1v) is 25.6. The molecular formula is C53H75N3O16. The molecule has 2 bridgehead atoms. The number of amides is 2. The third-order valence-electron chi connectivity index (χ3n) is 14.1. The van der Waals surface area contributed by atoms with Crippen molar-refractivity contribution in [2.45, 2.75) is 197 Å². The first-order chi connectivity index (χ1) is 34.4. The Hall–Kier alpha value is -4.38. The standard InChI is InChI=1S/C53H75N3O16/c1-6-8-10-22-52(23-11-9-7-2)70-43-37-27-53(50(65)54-28-33-16-13-19-35(26-33)47(63)55-36(30-57)20-21-39(59)69-51(3,4)5)45(48(64)67-37)56(72-46(53)44(43)71-52)29-34-17-12-15-32(25-34)18-14-24-66-49-42(62)41(61)40(60)38(31-58)68-49/h12-19,25-26,36-38,40-46,49,57-58,60-62H,6-11,20-24,27-31H2,1-5H3,(H,54,65)(H,55,63). The predicted octanol–water partition coefficient (Wildman–Crippen LogP) is 3.49. The van der Waals surface area contributed by atoms with Crippen molar-refractivity contribution in [1.82, 2.24) is 15.7 Å². The highest BCUT2D eigenvalue weighted by Gasteiger charge is 2.76. The van der Waals surface area contributed by atoms with Crippen molar-refractivity contribution >= 4 is 29.8 Å². The predicted molar refractivity (Wildman–Crippen MR) is 259 cm³/mol. The van der Waals surface area contributed by atoms with Crippen LogP contribution in [0.5, 0.6) is 0 Å². The zero-order valence-corrected chi connectivity index (χ0v) is 42.1. The summed E-state index contributed by atoms with van der Waals surface area (Å²) in [7, 11) is 0. The van der Waals surface area contributed by atoms with Gasteiger partial charge in [-0.25, -0.2) is 0 Å². The van der Waals surface area contributed by atoms with E-state index < -0.39 is 114 Å². The van der Waals surface area contributed by atoms with Crippen molar-refractivity contribution < 1.29 is 78.0 Å². The van der Waals surface area contributed by atoms with E-state index in [0.717, 1.165) is 49.7 Å². The van der Waals surface area contributed by atoms with Crippen LogP contribution in [-0.4, -0.2) is 153 Å². The molecule has 4 saturated heterocycles. The van der Waals surface area contributed by atoms with Crippen LogP contribution in [0.3, 0.4) is 0 Å². The van der Waals surface area contributed by atoms with Gasteiger partial charge in [0.1, 0.15) is 59.8 Å². The molecule has 4 aliphatic heterocycles. The normalized spacial score (nSPS) is 30.2. The summed E-state index contributed by atoms with van der Waals surface area (Å²) in [6, 6.07) is 12.3. The Labute approximate surface area is 421 Å². The van der Waals surface area contributed by atoms with E-state index in [0.29, 0.717) is 18.4 Å². The second-order valence-electron chi connectivity index (χ2n) is 20.8. The van der Waals surface area contributed by atoms with Gasteiger partial charge in [0, 0.05) is 37.8 Å². The summed E-state index contributed by atoms with van der Waals surface area (Å²) in [5.74, 6) is -2.92. The number of nitrogens with one attached hydrogen (secondary N) is 2. The quantitative estimate of drug-likeness (QED) is 0.0587. The zero-order valence-electron chi connectivity index (χ0n) is 42.1. The van der Waals surface area contributed by atoms with E-state index in [-0.39, 0.29) is 51.1 Å². The summed E-state index contributed by atoms with van der Waals surface area (Å²) in [5, 5.41) is 57.6. The van der Waals surface area contributed by atoms with Crippen LogP contribution in [0.25, 0.3) is 6.08 Å². The number of carbonyl (C=O) groups excluding carboxylic acids is 4. The van der Waals surface area contributed by atoms with Crippen molar-refractivity contribution in [2.75, 3.05) is 19.8 Å². The van der Waals surface area contributed by atoms with Gasteiger partial charge in [0.15, 0.2) is 18.1 Å². The van der Waals surface area contributed by atoms with Crippen LogP contribution in [0.1, 0.15) is 132 Å². The molecular weight excluding hydrogens is 935 g/mol. The highest BCUT2D eigenvalue weighted by atomic mass is 16.8. The van der Waals surface area contributed by atoms with Crippen LogP contribution in [0, 0.1) is 5.41 Å². The Morgan fingerprint density at radius 1 is 0.917 bits per heavy atom. The largest absolute Gasteiger partial charge is 0.460 e. The first kappa shape index (κ1) is 55.4. The van der Waals surface area contributed by atoms with Crippen molar-refractivity contribution in [1.29, 1.82) is 0 Å². The summed E-state index contributed by atoms with van der Waals surface area (Å²) in [4.78, 5) is 62.2. The van der Waals surface area contributed by atoms with Crippen molar-refractivity contribution in [3.63, 3.8) is 0 Å². The molecule has 398 valence electrons. The van der Waals surface area contributed by atoms with Gasteiger partial charge >= 0.3 is 11.9 Å². The van der Waals surface area contributed by atoms with Crippen LogP contribution < -0.4 is 10.6 Å². The van der Waals surface area contributed by atoms with E-state index in [4.69, 9.17) is 33.3 Å². The number of carbonyl (C=O) groups is 4. The topological polar surface area (TPSA) is 261 Å². The number of hydrogen-bond acceptors (Lipinski definition) is 17. The molecule has 7 N–H and O–H groups in total. The maximum atomic E-state index is 15.2. The lowest BCUT2D eigenvalue weighted by Crippen LogP contribution is -2.69. The van der Waals surface area contributed by atoms with E-state index in [2.05, 4.69) is 24.5 Å². The number of ether oxygens (including phenoxy) is 6. The molecule has 5 fully saturated rings. The van der Waals surface area contributed by atoms with E-state index in [1.165, 1.54) is 5.06 Å². The van der Waals surface area contributed by atoms with Crippen molar-refractivity contribution in [3.05, 3.63) is 76.9 Å². The molecule has 1 saturated carbocycles. The zero-order chi connectivity index (χ0) is 51.8. The van der Waals surface area contributed by atoms with Crippen molar-refractivity contribution in [2.24, 2.45) is 5.41 Å². The highest BCUT2D eigenvalue weighted by Crippen LogP contribution is 2.58. The number of benzene rings is 2. The van der Waals surface area contributed by atoms with Crippen LogP contribution in [0.15, 0.2) is 54.6 Å².